The first-order chi connectivity index (χ1) is 14.1. The van der Waals surface area contributed by atoms with E-state index in [1.165, 1.54) is 18.4 Å². The van der Waals surface area contributed by atoms with E-state index in [-0.39, 0.29) is 18.2 Å². The summed E-state index contributed by atoms with van der Waals surface area (Å²) in [6.07, 6.45) is 8.16. The number of hydrogen-bond acceptors (Lipinski definition) is 2. The maximum absolute atomic E-state index is 12.7. The summed E-state index contributed by atoms with van der Waals surface area (Å²) in [5.74, 6) is -0.362. The zero-order valence-electron chi connectivity index (χ0n) is 16.5. The number of amides is 2. The van der Waals surface area contributed by atoms with Gasteiger partial charge in [0.2, 0.25) is 5.91 Å². The van der Waals surface area contributed by atoms with Crippen LogP contribution in [-0.4, -0.2) is 18.4 Å². The van der Waals surface area contributed by atoms with Gasteiger partial charge in [0.25, 0.3) is 5.91 Å². The number of halogens is 1. The molecule has 0 fully saturated rings. The van der Waals surface area contributed by atoms with Crippen LogP contribution in [0.1, 0.15) is 60.5 Å². The summed E-state index contributed by atoms with van der Waals surface area (Å²) < 4.78 is 0. The molecule has 1 atom stereocenters. The monoisotopic (exact) mass is 410 g/mol. The molecule has 0 saturated carbocycles. The summed E-state index contributed by atoms with van der Waals surface area (Å²) in [7, 11) is 0. The fraction of sp³-hybridized carbons (Fsp3) is 0.333. The van der Waals surface area contributed by atoms with Gasteiger partial charge < -0.3 is 10.6 Å². The van der Waals surface area contributed by atoms with Crippen molar-refractivity contribution in [2.24, 2.45) is 0 Å². The SMILES string of the molecule is O=C(CC(NC(=O)c1ccccc1Cl)c1ccccc1)NCCC1=CCCCC1. The van der Waals surface area contributed by atoms with Crippen LogP contribution in [-0.2, 0) is 4.79 Å². The van der Waals surface area contributed by atoms with Crippen molar-refractivity contribution in [3.05, 3.63) is 82.4 Å². The predicted molar refractivity (Wildman–Crippen MR) is 117 cm³/mol. The number of carbonyl (C=O) groups is 2. The number of hydrogen-bond donors (Lipinski definition) is 2. The van der Waals surface area contributed by atoms with E-state index in [9.17, 15) is 9.59 Å². The highest BCUT2D eigenvalue weighted by atomic mass is 35.5. The number of benzene rings is 2. The molecule has 0 aliphatic heterocycles. The van der Waals surface area contributed by atoms with E-state index >= 15 is 0 Å². The first-order valence-electron chi connectivity index (χ1n) is 10.2. The Hall–Kier alpha value is -2.59. The highest BCUT2D eigenvalue weighted by Crippen LogP contribution is 2.21. The van der Waals surface area contributed by atoms with E-state index in [1.807, 2.05) is 30.3 Å². The fourth-order valence-electron chi connectivity index (χ4n) is 3.57. The van der Waals surface area contributed by atoms with E-state index in [0.29, 0.717) is 17.1 Å². The standard InChI is InChI=1S/C24H27ClN2O2/c25-21-14-8-7-13-20(21)24(29)27-22(19-11-5-2-6-12-19)17-23(28)26-16-15-18-9-3-1-4-10-18/h2,5-9,11-14,22H,1,3-4,10,15-17H2,(H,26,28)(H,27,29). The third-order valence-electron chi connectivity index (χ3n) is 5.17. The Morgan fingerprint density at radius 2 is 1.76 bits per heavy atom. The Labute approximate surface area is 177 Å². The number of allylic oxidation sites excluding steroid dienone is 1. The minimum Gasteiger partial charge on any atom is -0.356 e. The summed E-state index contributed by atoms with van der Waals surface area (Å²) in [6.45, 7) is 0.630. The molecule has 0 radical (unpaired) electrons. The van der Waals surface area contributed by atoms with Gasteiger partial charge in [-0.1, -0.05) is 65.7 Å². The van der Waals surface area contributed by atoms with E-state index in [2.05, 4.69) is 16.7 Å². The van der Waals surface area contributed by atoms with Crippen LogP contribution in [0.3, 0.4) is 0 Å². The molecule has 2 aromatic carbocycles. The molecule has 0 bridgehead atoms. The zero-order chi connectivity index (χ0) is 20.5. The largest absolute Gasteiger partial charge is 0.356 e. The van der Waals surface area contributed by atoms with Crippen LogP contribution in [0.5, 0.6) is 0 Å². The number of carbonyl (C=O) groups excluding carboxylic acids is 2. The molecule has 2 N–H and O–H groups in total. The smallest absolute Gasteiger partial charge is 0.253 e. The Kier molecular flexibility index (Phi) is 7.88. The highest BCUT2D eigenvalue weighted by Gasteiger charge is 2.20. The van der Waals surface area contributed by atoms with Crippen molar-refractivity contribution < 1.29 is 9.59 Å². The molecule has 0 saturated heterocycles. The Bertz CT molecular complexity index is 864. The molecular formula is C24H27ClN2O2. The topological polar surface area (TPSA) is 58.2 Å². The summed E-state index contributed by atoms with van der Waals surface area (Å²) in [4.78, 5) is 25.3. The lowest BCUT2D eigenvalue weighted by molar-refractivity contribution is -0.121. The quantitative estimate of drug-likeness (QED) is 0.587. The average molecular weight is 411 g/mol. The molecule has 0 aromatic heterocycles. The van der Waals surface area contributed by atoms with Crippen LogP contribution in [0.25, 0.3) is 0 Å². The van der Waals surface area contributed by atoms with Crippen LogP contribution in [0.2, 0.25) is 5.02 Å². The Morgan fingerprint density at radius 3 is 2.48 bits per heavy atom. The molecule has 2 aromatic rings. The van der Waals surface area contributed by atoms with Crippen LogP contribution in [0.15, 0.2) is 66.2 Å². The molecule has 2 amide bonds. The second-order valence-corrected chi connectivity index (χ2v) is 7.74. The maximum Gasteiger partial charge on any atom is 0.253 e. The van der Waals surface area contributed by atoms with Gasteiger partial charge in [0.1, 0.15) is 0 Å². The van der Waals surface area contributed by atoms with Crippen LogP contribution >= 0.6 is 11.6 Å². The molecular weight excluding hydrogens is 384 g/mol. The van der Waals surface area contributed by atoms with Gasteiger partial charge in [0.15, 0.2) is 0 Å². The van der Waals surface area contributed by atoms with E-state index < -0.39 is 6.04 Å². The normalized spacial score (nSPS) is 14.6. The second-order valence-electron chi connectivity index (χ2n) is 7.33. The van der Waals surface area contributed by atoms with Gasteiger partial charge in [0, 0.05) is 6.54 Å². The van der Waals surface area contributed by atoms with Crippen molar-refractivity contribution in [1.29, 1.82) is 0 Å². The van der Waals surface area contributed by atoms with Gasteiger partial charge in [-0.15, -0.1) is 0 Å². The molecule has 0 spiro atoms. The molecule has 152 valence electrons. The summed E-state index contributed by atoms with van der Waals surface area (Å²) >= 11 is 6.15. The van der Waals surface area contributed by atoms with Gasteiger partial charge in [-0.3, -0.25) is 9.59 Å². The third-order valence-corrected chi connectivity index (χ3v) is 5.50. The molecule has 29 heavy (non-hydrogen) atoms. The lowest BCUT2D eigenvalue weighted by Crippen LogP contribution is -2.34. The molecule has 1 aliphatic rings. The van der Waals surface area contributed by atoms with Crippen molar-refractivity contribution in [2.45, 2.75) is 44.6 Å². The number of nitrogens with one attached hydrogen (secondary N) is 2. The maximum atomic E-state index is 12.7. The second kappa shape index (κ2) is 10.8. The van der Waals surface area contributed by atoms with Crippen molar-refractivity contribution in [3.8, 4) is 0 Å². The first kappa shape index (κ1) is 21.1. The number of rotatable bonds is 8. The van der Waals surface area contributed by atoms with E-state index in [0.717, 1.165) is 24.8 Å². The minimum absolute atomic E-state index is 0.0743. The van der Waals surface area contributed by atoms with Gasteiger partial charge in [0.05, 0.1) is 23.0 Å². The van der Waals surface area contributed by atoms with Crippen molar-refractivity contribution in [2.75, 3.05) is 6.54 Å². The average Bonchev–Trinajstić information content (AvgIpc) is 2.75. The van der Waals surface area contributed by atoms with E-state index in [1.54, 1.807) is 24.3 Å². The third kappa shape index (κ3) is 6.47. The van der Waals surface area contributed by atoms with Crippen LogP contribution < -0.4 is 10.6 Å². The van der Waals surface area contributed by atoms with Crippen LogP contribution in [0.4, 0.5) is 0 Å². The van der Waals surface area contributed by atoms with Gasteiger partial charge in [-0.25, -0.2) is 0 Å². The fourth-order valence-corrected chi connectivity index (χ4v) is 3.79. The van der Waals surface area contributed by atoms with Gasteiger partial charge in [-0.2, -0.15) is 0 Å². The zero-order valence-corrected chi connectivity index (χ0v) is 17.3. The lowest BCUT2D eigenvalue weighted by atomic mass is 9.97. The predicted octanol–water partition coefficient (Wildman–Crippen LogP) is 5.21. The van der Waals surface area contributed by atoms with Crippen molar-refractivity contribution in [1.82, 2.24) is 10.6 Å². The summed E-state index contributed by atoms with van der Waals surface area (Å²) in [5.41, 5.74) is 2.72. The van der Waals surface area contributed by atoms with Crippen LogP contribution in [0, 0.1) is 0 Å². The first-order valence-corrected chi connectivity index (χ1v) is 10.6. The molecule has 4 nitrogen and oxygen atoms in total. The van der Waals surface area contributed by atoms with Gasteiger partial charge in [-0.05, 0) is 49.8 Å². The highest BCUT2D eigenvalue weighted by molar-refractivity contribution is 6.33. The molecule has 1 unspecified atom stereocenters. The summed E-state index contributed by atoms with van der Waals surface area (Å²) in [5, 5.41) is 6.35. The van der Waals surface area contributed by atoms with Crippen molar-refractivity contribution >= 4 is 23.4 Å². The molecule has 3 rings (SSSR count). The Balaban J connectivity index is 1.61. The molecule has 0 heterocycles. The lowest BCUT2D eigenvalue weighted by Gasteiger charge is -2.20. The van der Waals surface area contributed by atoms with E-state index in [4.69, 9.17) is 11.6 Å². The molecule has 1 aliphatic carbocycles. The Morgan fingerprint density at radius 1 is 1.00 bits per heavy atom. The summed E-state index contributed by atoms with van der Waals surface area (Å²) in [6, 6.07) is 16.0. The van der Waals surface area contributed by atoms with Gasteiger partial charge >= 0.3 is 0 Å². The van der Waals surface area contributed by atoms with Crippen molar-refractivity contribution in [3.63, 3.8) is 0 Å². The molecule has 5 heteroatoms. The minimum atomic E-state index is -0.422.